The predicted octanol–water partition coefficient (Wildman–Crippen LogP) is 1.33. The van der Waals surface area contributed by atoms with Crippen molar-refractivity contribution in [1.29, 1.82) is 0 Å². The lowest BCUT2D eigenvalue weighted by Gasteiger charge is -2.18. The average molecular weight is 234 g/mol. The van der Waals surface area contributed by atoms with Gasteiger partial charge in [0.2, 0.25) is 0 Å². The van der Waals surface area contributed by atoms with Crippen molar-refractivity contribution in [3.05, 3.63) is 24.7 Å². The Kier molecular flexibility index (Phi) is 3.93. The summed E-state index contributed by atoms with van der Waals surface area (Å²) in [4.78, 5) is 6.53. The van der Waals surface area contributed by atoms with Gasteiger partial charge < -0.3 is 10.0 Å². The molecule has 0 bridgehead atoms. The molecule has 0 aliphatic heterocycles. The van der Waals surface area contributed by atoms with Crippen LogP contribution < -0.4 is 4.90 Å². The molecular weight excluding hydrogens is 216 g/mol. The van der Waals surface area contributed by atoms with Crippen LogP contribution in [0.3, 0.4) is 0 Å². The average Bonchev–Trinajstić information content (AvgIpc) is 2.82. The number of aromatic nitrogens is 3. The number of nitrogens with zero attached hydrogens (tertiary/aromatic N) is 4. The number of hydrogen-bond donors (Lipinski definition) is 1. The van der Waals surface area contributed by atoms with E-state index in [-0.39, 0.29) is 6.61 Å². The molecule has 0 saturated carbocycles. The fraction of sp³-hybridized carbons (Fsp3) is 0.500. The smallest absolute Gasteiger partial charge is 0.154 e. The quantitative estimate of drug-likeness (QED) is 0.766. The highest BCUT2D eigenvalue weighted by molar-refractivity contribution is 5.67. The molecule has 0 aliphatic rings. The third kappa shape index (κ3) is 2.74. The summed E-state index contributed by atoms with van der Waals surface area (Å²) in [5, 5.41) is 12.9. The fourth-order valence-corrected chi connectivity index (χ4v) is 1.88. The van der Waals surface area contributed by atoms with Crippen LogP contribution in [-0.2, 0) is 0 Å². The van der Waals surface area contributed by atoms with Crippen LogP contribution in [0.2, 0.25) is 0 Å². The van der Waals surface area contributed by atoms with Gasteiger partial charge in [-0.1, -0.05) is 0 Å². The molecular formula is C12H18N4O. The van der Waals surface area contributed by atoms with Crippen LogP contribution in [0, 0.1) is 0 Å². The molecule has 0 aliphatic carbocycles. The van der Waals surface area contributed by atoms with Gasteiger partial charge >= 0.3 is 0 Å². The Morgan fingerprint density at radius 2 is 2.18 bits per heavy atom. The third-order valence-corrected chi connectivity index (χ3v) is 2.82. The van der Waals surface area contributed by atoms with E-state index in [1.807, 2.05) is 23.8 Å². The highest BCUT2D eigenvalue weighted by atomic mass is 16.2. The second-order valence-electron chi connectivity index (χ2n) is 4.12. The summed E-state index contributed by atoms with van der Waals surface area (Å²) in [5.74, 6) is 0.953. The zero-order valence-electron chi connectivity index (χ0n) is 10.1. The highest BCUT2D eigenvalue weighted by Crippen LogP contribution is 2.16. The first-order chi connectivity index (χ1) is 8.33. The molecule has 0 spiro atoms. The van der Waals surface area contributed by atoms with Crippen molar-refractivity contribution >= 4 is 11.3 Å². The molecule has 2 aromatic rings. The van der Waals surface area contributed by atoms with Gasteiger partial charge in [-0.25, -0.2) is 9.50 Å². The van der Waals surface area contributed by atoms with E-state index in [0.717, 1.165) is 37.1 Å². The third-order valence-electron chi connectivity index (χ3n) is 2.82. The minimum Gasteiger partial charge on any atom is -0.396 e. The molecule has 0 radical (unpaired) electrons. The van der Waals surface area contributed by atoms with Crippen molar-refractivity contribution in [3.8, 4) is 0 Å². The summed E-state index contributed by atoms with van der Waals surface area (Å²) >= 11 is 0. The topological polar surface area (TPSA) is 53.7 Å². The summed E-state index contributed by atoms with van der Waals surface area (Å²) in [5.41, 5.74) is 1.03. The summed E-state index contributed by atoms with van der Waals surface area (Å²) in [6, 6.07) is 1.96. The largest absolute Gasteiger partial charge is 0.396 e. The maximum Gasteiger partial charge on any atom is 0.154 e. The molecule has 0 aromatic carbocycles. The lowest BCUT2D eigenvalue weighted by Crippen LogP contribution is -2.20. The standard InChI is InChI=1S/C12H18N4O/c1-15(8-3-2-4-10-17)12-11-5-6-14-16(11)9-7-13-12/h5-7,9,17H,2-4,8,10H2,1H3. The van der Waals surface area contributed by atoms with Gasteiger partial charge in [0.05, 0.1) is 6.20 Å². The molecule has 0 fully saturated rings. The van der Waals surface area contributed by atoms with E-state index < -0.39 is 0 Å². The van der Waals surface area contributed by atoms with Crippen molar-refractivity contribution in [2.45, 2.75) is 19.3 Å². The summed E-state index contributed by atoms with van der Waals surface area (Å²) in [6.07, 6.45) is 8.37. The molecule has 0 amide bonds. The van der Waals surface area contributed by atoms with Crippen molar-refractivity contribution < 1.29 is 5.11 Å². The minimum atomic E-state index is 0.278. The lowest BCUT2D eigenvalue weighted by atomic mass is 10.2. The highest BCUT2D eigenvalue weighted by Gasteiger charge is 2.07. The molecule has 5 nitrogen and oxygen atoms in total. The first-order valence-corrected chi connectivity index (χ1v) is 5.93. The predicted molar refractivity (Wildman–Crippen MR) is 67.2 cm³/mol. The van der Waals surface area contributed by atoms with E-state index in [1.165, 1.54) is 0 Å². The van der Waals surface area contributed by atoms with Crippen LogP contribution in [0.15, 0.2) is 24.7 Å². The van der Waals surface area contributed by atoms with Gasteiger partial charge in [-0.3, -0.25) is 0 Å². The lowest BCUT2D eigenvalue weighted by molar-refractivity contribution is 0.283. The van der Waals surface area contributed by atoms with Gasteiger partial charge in [0.25, 0.3) is 0 Å². The normalized spacial score (nSPS) is 10.9. The molecule has 92 valence electrons. The second kappa shape index (κ2) is 5.63. The molecule has 0 unspecified atom stereocenters. The monoisotopic (exact) mass is 234 g/mol. The Labute approximate surface area is 101 Å². The van der Waals surface area contributed by atoms with Crippen molar-refractivity contribution in [2.75, 3.05) is 25.1 Å². The maximum absolute atomic E-state index is 8.72. The maximum atomic E-state index is 8.72. The number of anilines is 1. The van der Waals surface area contributed by atoms with Crippen LogP contribution >= 0.6 is 0 Å². The van der Waals surface area contributed by atoms with E-state index in [1.54, 1.807) is 12.4 Å². The molecule has 5 heteroatoms. The number of aliphatic hydroxyl groups excluding tert-OH is 1. The van der Waals surface area contributed by atoms with Gasteiger partial charge in [-0.2, -0.15) is 5.10 Å². The number of fused-ring (bicyclic) bond motifs is 1. The Morgan fingerprint density at radius 3 is 3.00 bits per heavy atom. The van der Waals surface area contributed by atoms with E-state index >= 15 is 0 Å². The summed E-state index contributed by atoms with van der Waals surface area (Å²) in [7, 11) is 2.04. The SMILES string of the molecule is CN(CCCCCO)c1nccn2nccc12. The Hall–Kier alpha value is -1.62. The molecule has 2 rings (SSSR count). The van der Waals surface area contributed by atoms with Gasteiger partial charge in [0.1, 0.15) is 5.52 Å². The first-order valence-electron chi connectivity index (χ1n) is 5.93. The Morgan fingerprint density at radius 1 is 1.29 bits per heavy atom. The summed E-state index contributed by atoms with van der Waals surface area (Å²) in [6.45, 7) is 1.22. The Bertz CT molecular complexity index is 468. The Balaban J connectivity index is 2.03. The van der Waals surface area contributed by atoms with Crippen LogP contribution in [0.5, 0.6) is 0 Å². The fourth-order valence-electron chi connectivity index (χ4n) is 1.88. The first kappa shape index (κ1) is 11.9. The molecule has 2 aromatic heterocycles. The molecule has 17 heavy (non-hydrogen) atoms. The molecule has 2 heterocycles. The zero-order valence-corrected chi connectivity index (χ0v) is 10.1. The minimum absolute atomic E-state index is 0.278. The van der Waals surface area contributed by atoms with Crippen molar-refractivity contribution in [3.63, 3.8) is 0 Å². The van der Waals surface area contributed by atoms with Crippen LogP contribution in [-0.4, -0.2) is 39.9 Å². The zero-order chi connectivity index (χ0) is 12.1. The van der Waals surface area contributed by atoms with Crippen molar-refractivity contribution in [1.82, 2.24) is 14.6 Å². The van der Waals surface area contributed by atoms with E-state index in [9.17, 15) is 0 Å². The van der Waals surface area contributed by atoms with E-state index in [4.69, 9.17) is 5.11 Å². The number of aliphatic hydroxyl groups is 1. The second-order valence-corrected chi connectivity index (χ2v) is 4.12. The van der Waals surface area contributed by atoms with Crippen LogP contribution in [0.25, 0.3) is 5.52 Å². The number of rotatable bonds is 6. The van der Waals surface area contributed by atoms with Gasteiger partial charge in [-0.05, 0) is 25.3 Å². The molecule has 0 saturated heterocycles. The summed E-state index contributed by atoms with van der Waals surface area (Å²) < 4.78 is 1.83. The van der Waals surface area contributed by atoms with Gasteiger partial charge in [0, 0.05) is 32.6 Å². The van der Waals surface area contributed by atoms with E-state index in [0.29, 0.717) is 0 Å². The van der Waals surface area contributed by atoms with Crippen LogP contribution in [0.1, 0.15) is 19.3 Å². The number of unbranched alkanes of at least 4 members (excludes halogenated alkanes) is 2. The number of hydrogen-bond acceptors (Lipinski definition) is 4. The van der Waals surface area contributed by atoms with Crippen molar-refractivity contribution in [2.24, 2.45) is 0 Å². The van der Waals surface area contributed by atoms with Crippen LogP contribution in [0.4, 0.5) is 5.82 Å². The van der Waals surface area contributed by atoms with E-state index in [2.05, 4.69) is 15.0 Å². The molecule has 0 atom stereocenters. The molecule has 1 N–H and O–H groups in total. The van der Waals surface area contributed by atoms with Gasteiger partial charge in [0.15, 0.2) is 5.82 Å². The van der Waals surface area contributed by atoms with Gasteiger partial charge in [-0.15, -0.1) is 0 Å².